The van der Waals surface area contributed by atoms with Crippen molar-refractivity contribution in [2.24, 2.45) is 7.05 Å². The van der Waals surface area contributed by atoms with E-state index in [-0.39, 0.29) is 17.6 Å². The van der Waals surface area contributed by atoms with Crippen molar-refractivity contribution in [2.75, 3.05) is 34.8 Å². The number of hydrogen-bond acceptors (Lipinski definition) is 5. The maximum atomic E-state index is 13.4. The Morgan fingerprint density at radius 2 is 2.03 bits per heavy atom. The molecule has 1 aromatic carbocycles. The highest BCUT2D eigenvalue weighted by Gasteiger charge is 2.40. The van der Waals surface area contributed by atoms with Crippen LogP contribution in [0.3, 0.4) is 0 Å². The Hall–Kier alpha value is -3.83. The summed E-state index contributed by atoms with van der Waals surface area (Å²) >= 11 is 0. The number of fused-ring (bicyclic) bond motifs is 5. The molecule has 12 heteroatoms. The Morgan fingerprint density at radius 3 is 2.82 bits per heavy atom. The van der Waals surface area contributed by atoms with Crippen molar-refractivity contribution in [1.29, 1.82) is 0 Å². The first kappa shape index (κ1) is 21.0. The lowest BCUT2D eigenvalue weighted by Crippen LogP contribution is -2.48. The molecule has 5 rings (SSSR count). The van der Waals surface area contributed by atoms with E-state index in [4.69, 9.17) is 0 Å². The summed E-state index contributed by atoms with van der Waals surface area (Å²) in [6, 6.07) is 7.84. The predicted octanol–water partition coefficient (Wildman–Crippen LogP) is 2.89. The van der Waals surface area contributed by atoms with Gasteiger partial charge in [-0.15, -0.1) is 0 Å². The molecule has 172 valence electrons. The van der Waals surface area contributed by atoms with Crippen molar-refractivity contribution >= 4 is 40.0 Å². The number of carbonyl (C=O) groups excluding carboxylic acids is 2. The van der Waals surface area contributed by atoms with Crippen LogP contribution < -0.4 is 20.4 Å². The van der Waals surface area contributed by atoms with E-state index in [2.05, 4.69) is 20.3 Å². The molecule has 2 aliphatic heterocycles. The van der Waals surface area contributed by atoms with Crippen LogP contribution in [0.4, 0.5) is 35.2 Å². The average Bonchev–Trinajstić information content (AvgIpc) is 3.36. The lowest BCUT2D eigenvalue weighted by molar-refractivity contribution is -0.123. The number of benzene rings is 1. The third-order valence-electron chi connectivity index (χ3n) is 5.89. The first-order chi connectivity index (χ1) is 15.7. The molecule has 2 aliphatic rings. The molecule has 4 heterocycles. The van der Waals surface area contributed by atoms with Gasteiger partial charge in [0.1, 0.15) is 12.2 Å². The van der Waals surface area contributed by atoms with Gasteiger partial charge in [-0.25, -0.2) is 9.78 Å². The van der Waals surface area contributed by atoms with Crippen molar-refractivity contribution in [1.82, 2.24) is 20.1 Å². The van der Waals surface area contributed by atoms with E-state index in [1.165, 1.54) is 11.0 Å². The highest BCUT2D eigenvalue weighted by molar-refractivity contribution is 6.09. The summed E-state index contributed by atoms with van der Waals surface area (Å²) < 4.78 is 39.2. The number of pyridine rings is 1. The number of alkyl halides is 3. The van der Waals surface area contributed by atoms with Gasteiger partial charge in [0.15, 0.2) is 5.82 Å². The zero-order valence-electron chi connectivity index (χ0n) is 17.6. The highest BCUT2D eigenvalue weighted by Crippen LogP contribution is 2.39. The van der Waals surface area contributed by atoms with Gasteiger partial charge in [0.2, 0.25) is 0 Å². The van der Waals surface area contributed by atoms with Crippen molar-refractivity contribution in [3.8, 4) is 0 Å². The monoisotopic (exact) mass is 459 g/mol. The molecule has 1 fully saturated rings. The van der Waals surface area contributed by atoms with Crippen LogP contribution in [0.5, 0.6) is 0 Å². The molecule has 1 atom stereocenters. The van der Waals surface area contributed by atoms with E-state index in [9.17, 15) is 22.8 Å². The first-order valence-corrected chi connectivity index (χ1v) is 10.3. The second kappa shape index (κ2) is 7.64. The fraction of sp³-hybridized carbons (Fsp3) is 0.333. The number of aryl methyl sites for hydroxylation is 1. The molecule has 2 bridgehead atoms. The molecule has 9 nitrogen and oxygen atoms in total. The molecule has 0 spiro atoms. The Morgan fingerprint density at radius 1 is 1.21 bits per heavy atom. The number of amides is 3. The average molecular weight is 459 g/mol. The molecule has 0 aliphatic carbocycles. The standard InChI is InChI=1S/C21H20F3N7O2/c1-29-16-4-2-3-14(13(16)9-26-29)28-20(33)31-12-7-8-30(10-12)17-6-5-15(27-18(17)31)19(32)25-11-21(22,23)24/h2-6,9,12H,7-8,10-11H2,1H3,(H,25,32)(H,28,33). The number of anilines is 3. The molecule has 0 saturated carbocycles. The van der Waals surface area contributed by atoms with Crippen molar-refractivity contribution in [2.45, 2.75) is 18.6 Å². The largest absolute Gasteiger partial charge is 0.405 e. The van der Waals surface area contributed by atoms with Crippen LogP contribution in [-0.4, -0.2) is 58.6 Å². The van der Waals surface area contributed by atoms with Crippen LogP contribution in [-0.2, 0) is 7.05 Å². The Kier molecular flexibility index (Phi) is 4.87. The van der Waals surface area contributed by atoms with E-state index in [0.717, 1.165) is 10.9 Å². The molecule has 1 saturated heterocycles. The lowest BCUT2D eigenvalue weighted by atomic mass is 10.1. The number of urea groups is 1. The predicted molar refractivity (Wildman–Crippen MR) is 115 cm³/mol. The molecule has 1 unspecified atom stereocenters. The fourth-order valence-corrected chi connectivity index (χ4v) is 4.33. The van der Waals surface area contributed by atoms with Gasteiger partial charge >= 0.3 is 12.2 Å². The van der Waals surface area contributed by atoms with Crippen LogP contribution in [0.15, 0.2) is 36.5 Å². The third-order valence-corrected chi connectivity index (χ3v) is 5.89. The Labute approximate surface area is 186 Å². The molecule has 33 heavy (non-hydrogen) atoms. The van der Waals surface area contributed by atoms with Crippen LogP contribution >= 0.6 is 0 Å². The van der Waals surface area contributed by atoms with Gasteiger partial charge in [0, 0.05) is 25.5 Å². The van der Waals surface area contributed by atoms with E-state index in [1.54, 1.807) is 30.1 Å². The smallest absolute Gasteiger partial charge is 0.366 e. The zero-order valence-corrected chi connectivity index (χ0v) is 17.6. The SMILES string of the molecule is Cn1ncc2c(NC(=O)N3c4nc(C(=O)NCC(F)(F)F)ccc4N4CCC3C4)cccc21. The molecular formula is C21H20F3N7O2. The number of rotatable bonds is 3. The van der Waals surface area contributed by atoms with Gasteiger partial charge in [-0.05, 0) is 30.7 Å². The summed E-state index contributed by atoms with van der Waals surface area (Å²) in [6.45, 7) is -0.140. The van der Waals surface area contributed by atoms with Gasteiger partial charge in [0.25, 0.3) is 5.91 Å². The Bertz CT molecular complexity index is 1260. The quantitative estimate of drug-likeness (QED) is 0.628. The molecule has 2 N–H and O–H groups in total. The minimum absolute atomic E-state index is 0.174. The summed E-state index contributed by atoms with van der Waals surface area (Å²) in [5, 5.41) is 9.73. The minimum atomic E-state index is -4.53. The van der Waals surface area contributed by atoms with Gasteiger partial charge in [-0.1, -0.05) is 6.07 Å². The number of halogens is 3. The lowest BCUT2D eigenvalue weighted by Gasteiger charge is -2.35. The number of nitrogens with one attached hydrogen (secondary N) is 2. The summed E-state index contributed by atoms with van der Waals surface area (Å²) in [4.78, 5) is 33.5. The summed E-state index contributed by atoms with van der Waals surface area (Å²) in [5.41, 5.74) is 1.89. The zero-order chi connectivity index (χ0) is 23.3. The van der Waals surface area contributed by atoms with E-state index in [1.807, 2.05) is 17.4 Å². The van der Waals surface area contributed by atoms with E-state index >= 15 is 0 Å². The Balaban J connectivity index is 1.46. The second-order valence-electron chi connectivity index (χ2n) is 8.03. The maximum Gasteiger partial charge on any atom is 0.405 e. The topological polar surface area (TPSA) is 95.4 Å². The first-order valence-electron chi connectivity index (χ1n) is 10.3. The van der Waals surface area contributed by atoms with Gasteiger partial charge in [-0.3, -0.25) is 14.4 Å². The number of hydrogen-bond donors (Lipinski definition) is 2. The number of nitrogens with zero attached hydrogens (tertiary/aromatic N) is 5. The maximum absolute atomic E-state index is 13.4. The van der Waals surface area contributed by atoms with Gasteiger partial charge in [-0.2, -0.15) is 18.3 Å². The molecule has 3 aromatic rings. The molecular weight excluding hydrogens is 439 g/mol. The van der Waals surface area contributed by atoms with Crippen LogP contribution in [0.25, 0.3) is 10.9 Å². The number of carbonyl (C=O) groups is 2. The summed E-state index contributed by atoms with van der Waals surface area (Å²) in [5.74, 6) is -0.706. The van der Waals surface area contributed by atoms with Crippen LogP contribution in [0.1, 0.15) is 16.9 Å². The van der Waals surface area contributed by atoms with E-state index in [0.29, 0.717) is 30.9 Å². The summed E-state index contributed by atoms with van der Waals surface area (Å²) in [7, 11) is 1.80. The fourth-order valence-electron chi connectivity index (χ4n) is 4.33. The van der Waals surface area contributed by atoms with Crippen molar-refractivity contribution < 1.29 is 22.8 Å². The van der Waals surface area contributed by atoms with Crippen molar-refractivity contribution in [3.63, 3.8) is 0 Å². The molecule has 0 radical (unpaired) electrons. The highest BCUT2D eigenvalue weighted by atomic mass is 19.4. The van der Waals surface area contributed by atoms with Gasteiger partial charge < -0.3 is 15.5 Å². The van der Waals surface area contributed by atoms with Crippen LogP contribution in [0.2, 0.25) is 0 Å². The summed E-state index contributed by atoms with van der Waals surface area (Å²) in [6.07, 6.45) is -2.17. The van der Waals surface area contributed by atoms with Gasteiger partial charge in [0.05, 0.1) is 29.1 Å². The van der Waals surface area contributed by atoms with Crippen LogP contribution in [0, 0.1) is 0 Å². The normalized spacial score (nSPS) is 17.3. The molecule has 3 amide bonds. The number of aromatic nitrogens is 3. The van der Waals surface area contributed by atoms with E-state index < -0.39 is 24.7 Å². The molecule has 2 aromatic heterocycles. The third kappa shape index (κ3) is 3.81. The second-order valence-corrected chi connectivity index (χ2v) is 8.03. The minimum Gasteiger partial charge on any atom is -0.366 e. The van der Waals surface area contributed by atoms with Crippen molar-refractivity contribution in [3.05, 3.63) is 42.2 Å².